The van der Waals surface area contributed by atoms with Crippen LogP contribution in [0.25, 0.3) is 0 Å². The Morgan fingerprint density at radius 3 is 2.61 bits per heavy atom. The molecular weight excluding hydrogens is 236 g/mol. The van der Waals surface area contributed by atoms with E-state index in [-0.39, 0.29) is 6.54 Å². The minimum atomic E-state index is -1.24. The number of nitrogens with two attached hydrogens (primary N) is 1. The Labute approximate surface area is 106 Å². The lowest BCUT2D eigenvalue weighted by Crippen LogP contribution is -2.34. The van der Waals surface area contributed by atoms with Gasteiger partial charge < -0.3 is 25.6 Å². The molecule has 4 N–H and O–H groups in total. The van der Waals surface area contributed by atoms with Crippen LogP contribution < -0.4 is 20.5 Å². The predicted octanol–water partition coefficient (Wildman–Crippen LogP) is 0.270. The highest BCUT2D eigenvalue weighted by molar-refractivity contribution is 5.95. The smallest absolute Gasteiger partial charge is 0.254 e. The van der Waals surface area contributed by atoms with E-state index in [0.717, 1.165) is 5.56 Å². The van der Waals surface area contributed by atoms with E-state index in [2.05, 4.69) is 5.32 Å². The van der Waals surface area contributed by atoms with Crippen LogP contribution in [0.15, 0.2) is 12.1 Å². The van der Waals surface area contributed by atoms with Gasteiger partial charge in [-0.25, -0.2) is 0 Å². The zero-order valence-corrected chi connectivity index (χ0v) is 10.7. The van der Waals surface area contributed by atoms with E-state index >= 15 is 0 Å². The number of carbonyl (C=O) groups excluding carboxylic acids is 1. The number of ether oxygens (including phenoxy) is 2. The number of aliphatic hydroxyl groups excluding tert-OH is 1. The van der Waals surface area contributed by atoms with Gasteiger partial charge in [-0.2, -0.15) is 0 Å². The molecule has 0 aliphatic heterocycles. The summed E-state index contributed by atoms with van der Waals surface area (Å²) in [7, 11) is 3.05. The topological polar surface area (TPSA) is 93.8 Å². The van der Waals surface area contributed by atoms with Crippen molar-refractivity contribution in [3.8, 4) is 11.5 Å². The first kappa shape index (κ1) is 14.3. The van der Waals surface area contributed by atoms with Gasteiger partial charge in [0.1, 0.15) is 17.6 Å². The van der Waals surface area contributed by atoms with Gasteiger partial charge in [0, 0.05) is 12.1 Å². The minimum Gasteiger partial charge on any atom is -0.496 e. The molecule has 0 saturated carbocycles. The largest absolute Gasteiger partial charge is 0.496 e. The lowest BCUT2D eigenvalue weighted by atomic mass is 10.1. The molecule has 0 spiro atoms. The third kappa shape index (κ3) is 2.91. The third-order valence-corrected chi connectivity index (χ3v) is 2.56. The summed E-state index contributed by atoms with van der Waals surface area (Å²) >= 11 is 0. The number of hydrogen-bond donors (Lipinski definition) is 3. The fourth-order valence-corrected chi connectivity index (χ4v) is 1.58. The SMILES string of the molecule is COc1ccc(NC(=O)C(O)CN)c(OC)c1C. The van der Waals surface area contributed by atoms with Crippen molar-refractivity contribution in [3.63, 3.8) is 0 Å². The van der Waals surface area contributed by atoms with E-state index in [1.165, 1.54) is 7.11 Å². The second kappa shape index (κ2) is 6.23. The van der Waals surface area contributed by atoms with Crippen molar-refractivity contribution in [2.45, 2.75) is 13.0 Å². The number of carbonyl (C=O) groups is 1. The Hall–Kier alpha value is -1.79. The number of nitrogens with one attached hydrogen (secondary N) is 1. The average Bonchev–Trinajstić information content (AvgIpc) is 2.38. The fourth-order valence-electron chi connectivity index (χ4n) is 1.58. The van der Waals surface area contributed by atoms with Crippen LogP contribution in [0.1, 0.15) is 5.56 Å². The molecule has 1 amide bonds. The molecule has 0 fully saturated rings. The van der Waals surface area contributed by atoms with E-state index in [1.807, 2.05) is 6.92 Å². The van der Waals surface area contributed by atoms with Crippen LogP contribution in [0.5, 0.6) is 11.5 Å². The Morgan fingerprint density at radius 2 is 2.11 bits per heavy atom. The Bertz CT molecular complexity index is 434. The Kier molecular flexibility index (Phi) is 4.94. The quantitative estimate of drug-likeness (QED) is 0.701. The highest BCUT2D eigenvalue weighted by Gasteiger charge is 2.17. The number of rotatable bonds is 5. The number of hydrogen-bond acceptors (Lipinski definition) is 5. The summed E-state index contributed by atoms with van der Waals surface area (Å²) in [6.07, 6.45) is -1.24. The Morgan fingerprint density at radius 1 is 1.44 bits per heavy atom. The van der Waals surface area contributed by atoms with Crippen LogP contribution in [0.2, 0.25) is 0 Å². The van der Waals surface area contributed by atoms with Crippen molar-refractivity contribution >= 4 is 11.6 Å². The number of methoxy groups -OCH3 is 2. The maximum absolute atomic E-state index is 11.5. The molecule has 1 atom stereocenters. The van der Waals surface area contributed by atoms with E-state index in [4.69, 9.17) is 15.2 Å². The summed E-state index contributed by atoms with van der Waals surface area (Å²) in [4.78, 5) is 11.5. The van der Waals surface area contributed by atoms with Gasteiger partial charge in [0.15, 0.2) is 0 Å². The summed E-state index contributed by atoms with van der Waals surface area (Å²) in [5.74, 6) is 0.580. The van der Waals surface area contributed by atoms with Gasteiger partial charge in [0.2, 0.25) is 0 Å². The molecule has 6 nitrogen and oxygen atoms in total. The molecule has 0 heterocycles. The number of amides is 1. The first-order valence-corrected chi connectivity index (χ1v) is 5.45. The number of anilines is 1. The van der Waals surface area contributed by atoms with Gasteiger partial charge in [-0.1, -0.05) is 0 Å². The summed E-state index contributed by atoms with van der Waals surface area (Å²) in [5, 5.41) is 11.9. The van der Waals surface area contributed by atoms with E-state index < -0.39 is 12.0 Å². The zero-order valence-electron chi connectivity index (χ0n) is 10.7. The maximum Gasteiger partial charge on any atom is 0.254 e. The second-order valence-corrected chi connectivity index (χ2v) is 3.71. The normalized spacial score (nSPS) is 11.8. The van der Waals surface area contributed by atoms with Crippen molar-refractivity contribution in [3.05, 3.63) is 17.7 Å². The van der Waals surface area contributed by atoms with Gasteiger partial charge in [0.25, 0.3) is 5.91 Å². The molecule has 1 aromatic carbocycles. The molecule has 1 unspecified atom stereocenters. The zero-order chi connectivity index (χ0) is 13.7. The van der Waals surface area contributed by atoms with E-state index in [9.17, 15) is 9.90 Å². The van der Waals surface area contributed by atoms with Gasteiger partial charge in [-0.15, -0.1) is 0 Å². The standard InChI is InChI=1S/C12H18N2O4/c1-7-10(17-2)5-4-8(11(7)18-3)14-12(16)9(15)6-13/h4-5,9,15H,6,13H2,1-3H3,(H,14,16). The second-order valence-electron chi connectivity index (χ2n) is 3.71. The molecule has 0 aliphatic rings. The molecule has 0 saturated heterocycles. The molecule has 0 aromatic heterocycles. The lowest BCUT2D eigenvalue weighted by Gasteiger charge is -2.16. The number of aliphatic hydroxyl groups is 1. The van der Waals surface area contributed by atoms with Crippen molar-refractivity contribution < 1.29 is 19.4 Å². The average molecular weight is 254 g/mol. The fraction of sp³-hybridized carbons (Fsp3) is 0.417. The van der Waals surface area contributed by atoms with Crippen molar-refractivity contribution in [1.82, 2.24) is 0 Å². The van der Waals surface area contributed by atoms with Gasteiger partial charge in [0.05, 0.1) is 19.9 Å². The van der Waals surface area contributed by atoms with Gasteiger partial charge in [-0.05, 0) is 19.1 Å². The summed E-state index contributed by atoms with van der Waals surface area (Å²) in [6, 6.07) is 3.36. The summed E-state index contributed by atoms with van der Waals surface area (Å²) in [5.41, 5.74) is 6.44. The molecule has 0 radical (unpaired) electrons. The third-order valence-electron chi connectivity index (χ3n) is 2.56. The van der Waals surface area contributed by atoms with Crippen LogP contribution >= 0.6 is 0 Å². The van der Waals surface area contributed by atoms with Crippen LogP contribution in [0.4, 0.5) is 5.69 Å². The Balaban J connectivity index is 3.03. The minimum absolute atomic E-state index is 0.136. The number of benzene rings is 1. The highest BCUT2D eigenvalue weighted by atomic mass is 16.5. The van der Waals surface area contributed by atoms with Crippen molar-refractivity contribution in [2.24, 2.45) is 5.73 Å². The molecule has 0 bridgehead atoms. The van der Waals surface area contributed by atoms with Crippen molar-refractivity contribution in [1.29, 1.82) is 0 Å². The highest BCUT2D eigenvalue weighted by Crippen LogP contribution is 2.34. The van der Waals surface area contributed by atoms with Crippen molar-refractivity contribution in [2.75, 3.05) is 26.1 Å². The van der Waals surface area contributed by atoms with Crippen LogP contribution in [-0.4, -0.2) is 37.9 Å². The summed E-state index contributed by atoms with van der Waals surface area (Å²) in [6.45, 7) is 1.68. The molecular formula is C12H18N2O4. The molecule has 1 rings (SSSR count). The van der Waals surface area contributed by atoms with Gasteiger partial charge >= 0.3 is 0 Å². The first-order chi connectivity index (χ1) is 8.54. The molecule has 18 heavy (non-hydrogen) atoms. The van der Waals surface area contributed by atoms with E-state index in [0.29, 0.717) is 17.2 Å². The predicted molar refractivity (Wildman–Crippen MR) is 68.0 cm³/mol. The summed E-state index contributed by atoms with van der Waals surface area (Å²) < 4.78 is 10.4. The molecule has 1 aromatic rings. The van der Waals surface area contributed by atoms with Crippen LogP contribution in [0.3, 0.4) is 0 Å². The first-order valence-electron chi connectivity index (χ1n) is 5.45. The monoisotopic (exact) mass is 254 g/mol. The molecule has 6 heteroatoms. The lowest BCUT2D eigenvalue weighted by molar-refractivity contribution is -0.123. The van der Waals surface area contributed by atoms with E-state index in [1.54, 1.807) is 19.2 Å². The molecule has 100 valence electrons. The van der Waals surface area contributed by atoms with Gasteiger partial charge in [-0.3, -0.25) is 4.79 Å². The maximum atomic E-state index is 11.5. The van der Waals surface area contributed by atoms with Crippen LogP contribution in [0, 0.1) is 6.92 Å². The van der Waals surface area contributed by atoms with Crippen LogP contribution in [-0.2, 0) is 4.79 Å². The molecule has 0 aliphatic carbocycles.